The standard InChI is InChI=1S/C17H26O3.Na/c1-16(2,3)10-13(15(19)20)12-9-11(17(4,5)6)7-8-14(12)18;/h7-9,13,18H,10H2,1-6H3,(H,19,20);/q;+1/p-1. The zero-order valence-electron chi connectivity index (χ0n) is 14.3. The maximum Gasteiger partial charge on any atom is 1.00 e. The molecule has 1 aromatic rings. The zero-order chi connectivity index (χ0) is 15.7. The van der Waals surface area contributed by atoms with Crippen LogP contribution in [0.15, 0.2) is 18.2 Å². The molecule has 1 unspecified atom stereocenters. The molecule has 1 rings (SSSR count). The van der Waals surface area contributed by atoms with Crippen LogP contribution in [0.1, 0.15) is 65.0 Å². The summed E-state index contributed by atoms with van der Waals surface area (Å²) in [6.45, 7) is 12.1. The molecule has 0 saturated carbocycles. The van der Waals surface area contributed by atoms with Crippen LogP contribution in [0.5, 0.6) is 5.75 Å². The first-order chi connectivity index (χ1) is 8.92. The smallest absolute Gasteiger partial charge is 0.549 e. The van der Waals surface area contributed by atoms with Crippen LogP contribution in [0.4, 0.5) is 0 Å². The number of benzene rings is 1. The maximum atomic E-state index is 11.5. The molecular formula is C17H25NaO3. The molecule has 0 aliphatic rings. The maximum absolute atomic E-state index is 11.5. The molecule has 0 heterocycles. The Morgan fingerprint density at radius 1 is 1.19 bits per heavy atom. The molecular weight excluding hydrogens is 275 g/mol. The van der Waals surface area contributed by atoms with Gasteiger partial charge in [0.05, 0.1) is 0 Å². The SMILES string of the molecule is CC(C)(C)CC(C(=O)[O-])c1cc(C(C)(C)C)ccc1O.[Na+]. The predicted molar refractivity (Wildman–Crippen MR) is 78.6 cm³/mol. The minimum atomic E-state index is -1.14. The number of aromatic hydroxyl groups is 1. The van der Waals surface area contributed by atoms with Crippen molar-refractivity contribution >= 4 is 5.97 Å². The number of carbonyl (C=O) groups is 1. The molecule has 1 atom stereocenters. The van der Waals surface area contributed by atoms with E-state index in [4.69, 9.17) is 0 Å². The number of carbonyl (C=O) groups excluding carboxylic acids is 1. The third-order valence-electron chi connectivity index (χ3n) is 3.37. The number of phenols is 1. The average Bonchev–Trinajstić information content (AvgIpc) is 2.23. The number of hydrogen-bond donors (Lipinski definition) is 1. The van der Waals surface area contributed by atoms with E-state index in [1.807, 2.05) is 26.8 Å². The summed E-state index contributed by atoms with van der Waals surface area (Å²) in [7, 11) is 0. The first-order valence-corrected chi connectivity index (χ1v) is 6.96. The molecule has 0 aliphatic carbocycles. The van der Waals surface area contributed by atoms with Crippen molar-refractivity contribution in [2.75, 3.05) is 0 Å². The van der Waals surface area contributed by atoms with Crippen LogP contribution in [0.25, 0.3) is 0 Å². The summed E-state index contributed by atoms with van der Waals surface area (Å²) < 4.78 is 0. The second-order valence-electron chi connectivity index (χ2n) is 7.66. The van der Waals surface area contributed by atoms with Gasteiger partial charge >= 0.3 is 29.6 Å². The van der Waals surface area contributed by atoms with Gasteiger partial charge in [-0.15, -0.1) is 0 Å². The Labute approximate surface area is 150 Å². The van der Waals surface area contributed by atoms with E-state index >= 15 is 0 Å². The summed E-state index contributed by atoms with van der Waals surface area (Å²) >= 11 is 0. The van der Waals surface area contributed by atoms with Crippen molar-refractivity contribution < 1.29 is 44.6 Å². The minimum absolute atomic E-state index is 0. The fraction of sp³-hybridized carbons (Fsp3) is 0.588. The van der Waals surface area contributed by atoms with Crippen LogP contribution in [0, 0.1) is 5.41 Å². The van der Waals surface area contributed by atoms with E-state index in [9.17, 15) is 15.0 Å². The number of carboxylic acids is 1. The van der Waals surface area contributed by atoms with Crippen LogP contribution >= 0.6 is 0 Å². The molecule has 1 aromatic carbocycles. The molecule has 4 heteroatoms. The second kappa shape index (κ2) is 7.17. The Morgan fingerprint density at radius 2 is 1.71 bits per heavy atom. The van der Waals surface area contributed by atoms with Gasteiger partial charge in [0.1, 0.15) is 5.75 Å². The van der Waals surface area contributed by atoms with Crippen molar-refractivity contribution in [3.63, 3.8) is 0 Å². The van der Waals surface area contributed by atoms with Gasteiger partial charge in [-0.1, -0.05) is 53.7 Å². The first kappa shape index (κ1) is 20.5. The largest absolute Gasteiger partial charge is 1.00 e. The van der Waals surface area contributed by atoms with Gasteiger partial charge in [0.25, 0.3) is 0 Å². The normalized spacial score (nSPS) is 13.4. The van der Waals surface area contributed by atoms with Crippen LogP contribution in [0.2, 0.25) is 0 Å². The van der Waals surface area contributed by atoms with Gasteiger partial charge in [0.2, 0.25) is 0 Å². The summed E-state index contributed by atoms with van der Waals surface area (Å²) in [4.78, 5) is 11.5. The summed E-state index contributed by atoms with van der Waals surface area (Å²) in [6.07, 6.45) is 0.427. The Morgan fingerprint density at radius 3 is 2.10 bits per heavy atom. The Kier molecular flexibility index (Phi) is 6.99. The Bertz CT molecular complexity index is 496. The third-order valence-corrected chi connectivity index (χ3v) is 3.37. The van der Waals surface area contributed by atoms with Gasteiger partial charge in [-0.05, 0) is 28.9 Å². The molecule has 0 bridgehead atoms. The van der Waals surface area contributed by atoms with Crippen molar-refractivity contribution in [1.29, 1.82) is 0 Å². The number of aliphatic carboxylic acids is 1. The van der Waals surface area contributed by atoms with Crippen molar-refractivity contribution in [1.82, 2.24) is 0 Å². The van der Waals surface area contributed by atoms with Gasteiger partial charge in [0.15, 0.2) is 0 Å². The fourth-order valence-corrected chi connectivity index (χ4v) is 2.23. The number of phenolic OH excluding ortho intramolecular Hbond substituents is 1. The number of carboxylic acid groups (broad SMARTS) is 1. The molecule has 0 saturated heterocycles. The summed E-state index contributed by atoms with van der Waals surface area (Å²) in [6, 6.07) is 5.21. The topological polar surface area (TPSA) is 60.4 Å². The molecule has 21 heavy (non-hydrogen) atoms. The Hall–Kier alpha value is -0.510. The van der Waals surface area contributed by atoms with Crippen LogP contribution in [-0.2, 0) is 10.2 Å². The van der Waals surface area contributed by atoms with Crippen molar-refractivity contribution in [3.05, 3.63) is 29.3 Å². The first-order valence-electron chi connectivity index (χ1n) is 6.96. The van der Waals surface area contributed by atoms with E-state index in [2.05, 4.69) is 20.8 Å². The van der Waals surface area contributed by atoms with Crippen molar-refractivity contribution in [3.8, 4) is 5.75 Å². The molecule has 0 spiro atoms. The molecule has 0 fully saturated rings. The molecule has 0 aliphatic heterocycles. The quantitative estimate of drug-likeness (QED) is 0.797. The zero-order valence-corrected chi connectivity index (χ0v) is 16.3. The van der Waals surface area contributed by atoms with Crippen molar-refractivity contribution in [2.45, 2.75) is 59.3 Å². The van der Waals surface area contributed by atoms with E-state index in [-0.39, 0.29) is 46.1 Å². The van der Waals surface area contributed by atoms with Crippen LogP contribution in [0.3, 0.4) is 0 Å². The van der Waals surface area contributed by atoms with Gasteiger partial charge in [-0.3, -0.25) is 0 Å². The predicted octanol–water partition coefficient (Wildman–Crippen LogP) is -0.0366. The van der Waals surface area contributed by atoms with E-state index in [0.717, 1.165) is 5.56 Å². The van der Waals surface area contributed by atoms with Gasteiger partial charge < -0.3 is 15.0 Å². The third kappa shape index (κ3) is 6.01. The minimum Gasteiger partial charge on any atom is -0.549 e. The van der Waals surface area contributed by atoms with Crippen molar-refractivity contribution in [2.24, 2.45) is 5.41 Å². The fourth-order valence-electron chi connectivity index (χ4n) is 2.23. The monoisotopic (exact) mass is 300 g/mol. The second-order valence-corrected chi connectivity index (χ2v) is 7.66. The molecule has 0 radical (unpaired) electrons. The van der Waals surface area contributed by atoms with Gasteiger partial charge in [-0.2, -0.15) is 0 Å². The van der Waals surface area contributed by atoms with Gasteiger partial charge in [-0.25, -0.2) is 0 Å². The molecule has 0 aromatic heterocycles. The van der Waals surface area contributed by atoms with E-state index in [1.54, 1.807) is 12.1 Å². The average molecular weight is 300 g/mol. The van der Waals surface area contributed by atoms with E-state index in [1.165, 1.54) is 0 Å². The van der Waals surface area contributed by atoms with Crippen LogP contribution in [-0.4, -0.2) is 11.1 Å². The number of hydrogen-bond acceptors (Lipinski definition) is 3. The molecule has 0 amide bonds. The van der Waals surface area contributed by atoms with Gasteiger partial charge in [0, 0.05) is 17.5 Å². The summed E-state index contributed by atoms with van der Waals surface area (Å²) in [5.74, 6) is -1.91. The number of rotatable bonds is 3. The molecule has 112 valence electrons. The Balaban J connectivity index is 0.00000400. The molecule has 3 nitrogen and oxygen atoms in total. The summed E-state index contributed by atoms with van der Waals surface area (Å²) in [5, 5.41) is 21.5. The van der Waals surface area contributed by atoms with E-state index < -0.39 is 11.9 Å². The van der Waals surface area contributed by atoms with Crippen LogP contribution < -0.4 is 34.7 Å². The molecule has 1 N–H and O–H groups in total. The van der Waals surface area contributed by atoms with E-state index in [0.29, 0.717) is 12.0 Å². The summed E-state index contributed by atoms with van der Waals surface area (Å²) in [5.41, 5.74) is 1.20.